The van der Waals surface area contributed by atoms with Crippen LogP contribution in [-0.2, 0) is 9.53 Å². The number of esters is 1. The highest BCUT2D eigenvalue weighted by atomic mass is 32.2. The molecular formula is C18H21N3O3S. The maximum atomic E-state index is 12.7. The van der Waals surface area contributed by atoms with Gasteiger partial charge in [-0.05, 0) is 37.7 Å². The van der Waals surface area contributed by atoms with Gasteiger partial charge < -0.3 is 15.0 Å². The van der Waals surface area contributed by atoms with Gasteiger partial charge in [-0.2, -0.15) is 5.26 Å². The molecule has 0 bridgehead atoms. The Hall–Kier alpha value is -2.46. The van der Waals surface area contributed by atoms with Crippen molar-refractivity contribution in [1.29, 1.82) is 5.26 Å². The van der Waals surface area contributed by atoms with Crippen LogP contribution in [0.25, 0.3) is 0 Å². The van der Waals surface area contributed by atoms with E-state index >= 15 is 0 Å². The summed E-state index contributed by atoms with van der Waals surface area (Å²) in [6.45, 7) is 1.34. The quantitative estimate of drug-likeness (QED) is 0.494. The van der Waals surface area contributed by atoms with E-state index in [1.165, 1.54) is 18.9 Å². The number of nitrogens with one attached hydrogen (secondary N) is 1. The van der Waals surface area contributed by atoms with Crippen molar-refractivity contribution >= 4 is 29.3 Å². The molecule has 0 saturated carbocycles. The molecule has 132 valence electrons. The molecule has 6 nitrogen and oxygen atoms in total. The smallest absolute Gasteiger partial charge is 0.339 e. The molecular weight excluding hydrogens is 338 g/mol. The summed E-state index contributed by atoms with van der Waals surface area (Å²) in [5.74, 6) is -0.751. The highest BCUT2D eigenvalue weighted by Gasteiger charge is 2.24. The monoisotopic (exact) mass is 359 g/mol. The number of benzene rings is 1. The number of thioether (sulfide) groups is 1. The highest BCUT2D eigenvalue weighted by Crippen LogP contribution is 2.25. The number of hydrogen-bond acceptors (Lipinski definition) is 6. The van der Waals surface area contributed by atoms with E-state index in [9.17, 15) is 14.9 Å². The van der Waals surface area contributed by atoms with Crippen LogP contribution in [0.5, 0.6) is 0 Å². The first kappa shape index (κ1) is 18.9. The van der Waals surface area contributed by atoms with E-state index in [1.54, 1.807) is 35.4 Å². The van der Waals surface area contributed by atoms with Crippen molar-refractivity contribution in [3.05, 3.63) is 40.4 Å². The summed E-state index contributed by atoms with van der Waals surface area (Å²) in [5.41, 5.74) is 0.909. The third-order valence-corrected chi connectivity index (χ3v) is 4.70. The van der Waals surface area contributed by atoms with Gasteiger partial charge in [0.1, 0.15) is 11.6 Å². The number of piperidine rings is 1. The van der Waals surface area contributed by atoms with Gasteiger partial charge in [-0.3, -0.25) is 4.79 Å². The molecule has 0 spiro atoms. The number of nitrogens with zero attached hydrogens (tertiary/aromatic N) is 2. The summed E-state index contributed by atoms with van der Waals surface area (Å²) >= 11 is 1.26. The number of para-hydroxylation sites is 1. The van der Waals surface area contributed by atoms with Crippen LogP contribution >= 0.6 is 11.8 Å². The third-order valence-electron chi connectivity index (χ3n) is 3.98. The van der Waals surface area contributed by atoms with E-state index < -0.39 is 5.97 Å². The van der Waals surface area contributed by atoms with E-state index in [0.717, 1.165) is 19.3 Å². The van der Waals surface area contributed by atoms with Crippen molar-refractivity contribution in [3.63, 3.8) is 0 Å². The molecule has 2 rings (SSSR count). The Morgan fingerprint density at radius 3 is 2.52 bits per heavy atom. The largest absolute Gasteiger partial charge is 0.465 e. The number of carbonyl (C=O) groups is 2. The Bertz CT molecular complexity index is 719. The molecule has 0 aliphatic carbocycles. The molecule has 0 unspecified atom stereocenters. The minimum absolute atomic E-state index is 0.0640. The van der Waals surface area contributed by atoms with E-state index in [0.29, 0.717) is 29.4 Å². The van der Waals surface area contributed by atoms with Gasteiger partial charge >= 0.3 is 5.97 Å². The van der Waals surface area contributed by atoms with Crippen LogP contribution < -0.4 is 5.32 Å². The number of ether oxygens (including phenoxy) is 1. The Kier molecular flexibility index (Phi) is 6.90. The number of likely N-dealkylation sites (tertiary alicyclic amines) is 1. The maximum absolute atomic E-state index is 12.7. The third kappa shape index (κ3) is 4.54. The standard InChI is InChI=1S/C18H21N3O3S/c1-24-18(23)13-8-4-5-9-15(13)20-16(25-2)14(12-19)17(22)21-10-6-3-7-11-21/h4-5,8-9,20H,3,6-7,10-11H2,1-2H3/b16-14+. The van der Waals surface area contributed by atoms with Crippen molar-refractivity contribution in [2.24, 2.45) is 0 Å². The van der Waals surface area contributed by atoms with Crippen molar-refractivity contribution in [1.82, 2.24) is 4.90 Å². The molecule has 1 aromatic rings. The van der Waals surface area contributed by atoms with Gasteiger partial charge in [0.25, 0.3) is 5.91 Å². The number of hydrogen-bond donors (Lipinski definition) is 1. The number of carbonyl (C=O) groups excluding carboxylic acids is 2. The van der Waals surface area contributed by atoms with Crippen LogP contribution in [0.4, 0.5) is 5.69 Å². The molecule has 1 aliphatic rings. The summed E-state index contributed by atoms with van der Waals surface area (Å²) in [6, 6.07) is 8.86. The average molecular weight is 359 g/mol. The molecule has 0 radical (unpaired) electrons. The highest BCUT2D eigenvalue weighted by molar-refractivity contribution is 8.02. The Morgan fingerprint density at radius 1 is 1.24 bits per heavy atom. The van der Waals surface area contributed by atoms with E-state index in [1.807, 2.05) is 6.07 Å². The lowest BCUT2D eigenvalue weighted by molar-refractivity contribution is -0.127. The average Bonchev–Trinajstić information content (AvgIpc) is 2.67. The zero-order chi connectivity index (χ0) is 18.2. The fraction of sp³-hybridized carbons (Fsp3) is 0.389. The lowest BCUT2D eigenvalue weighted by atomic mass is 10.1. The summed E-state index contributed by atoms with van der Waals surface area (Å²) in [6.07, 6.45) is 4.80. The second kappa shape index (κ2) is 9.14. The van der Waals surface area contributed by atoms with Gasteiger partial charge in [-0.25, -0.2) is 4.79 Å². The second-order valence-corrected chi connectivity index (χ2v) is 6.35. The SMILES string of the molecule is COC(=O)c1ccccc1N/C(SC)=C(/C#N)C(=O)N1CCCCC1. The van der Waals surface area contributed by atoms with Crippen LogP contribution in [-0.4, -0.2) is 43.2 Å². The summed E-state index contributed by atoms with van der Waals surface area (Å²) in [7, 11) is 1.31. The van der Waals surface area contributed by atoms with Gasteiger partial charge in [0, 0.05) is 13.1 Å². The molecule has 1 saturated heterocycles. The van der Waals surface area contributed by atoms with Gasteiger partial charge in [-0.15, -0.1) is 11.8 Å². The van der Waals surface area contributed by atoms with Crippen LogP contribution in [0, 0.1) is 11.3 Å². The summed E-state index contributed by atoms with van der Waals surface area (Å²) < 4.78 is 4.78. The first-order chi connectivity index (χ1) is 12.1. The number of nitriles is 1. The van der Waals surface area contributed by atoms with Gasteiger partial charge in [0.05, 0.1) is 23.4 Å². The molecule has 1 N–H and O–H groups in total. The fourth-order valence-electron chi connectivity index (χ4n) is 2.67. The zero-order valence-corrected chi connectivity index (χ0v) is 15.2. The molecule has 0 aromatic heterocycles. The molecule has 1 amide bonds. The minimum atomic E-state index is -0.482. The second-order valence-electron chi connectivity index (χ2n) is 5.54. The molecule has 1 aromatic carbocycles. The lowest BCUT2D eigenvalue weighted by Gasteiger charge is -2.27. The first-order valence-electron chi connectivity index (χ1n) is 8.04. The van der Waals surface area contributed by atoms with Gasteiger partial charge in [-0.1, -0.05) is 12.1 Å². The maximum Gasteiger partial charge on any atom is 0.339 e. The van der Waals surface area contributed by atoms with Crippen LogP contribution in [0.3, 0.4) is 0 Å². The predicted octanol–water partition coefficient (Wildman–Crippen LogP) is 3.00. The number of amides is 1. The topological polar surface area (TPSA) is 82.4 Å². The Labute approximate surface area is 151 Å². The molecule has 25 heavy (non-hydrogen) atoms. The summed E-state index contributed by atoms with van der Waals surface area (Å²) in [5, 5.41) is 13.0. The van der Waals surface area contributed by atoms with Crippen LogP contribution in [0.2, 0.25) is 0 Å². The molecule has 1 aliphatic heterocycles. The van der Waals surface area contributed by atoms with Crippen molar-refractivity contribution in [2.75, 3.05) is 31.8 Å². The first-order valence-corrected chi connectivity index (χ1v) is 9.26. The normalized spacial score (nSPS) is 15.0. The van der Waals surface area contributed by atoms with Gasteiger partial charge in [0.2, 0.25) is 0 Å². The van der Waals surface area contributed by atoms with Crippen molar-refractivity contribution in [3.8, 4) is 6.07 Å². The van der Waals surface area contributed by atoms with Crippen molar-refractivity contribution in [2.45, 2.75) is 19.3 Å². The molecule has 0 atom stereocenters. The van der Waals surface area contributed by atoms with Crippen LogP contribution in [0.15, 0.2) is 34.9 Å². The number of methoxy groups -OCH3 is 1. The number of rotatable bonds is 5. The summed E-state index contributed by atoms with van der Waals surface area (Å²) in [4.78, 5) is 26.3. The van der Waals surface area contributed by atoms with E-state index in [4.69, 9.17) is 4.74 Å². The minimum Gasteiger partial charge on any atom is -0.465 e. The zero-order valence-electron chi connectivity index (χ0n) is 14.4. The van der Waals surface area contributed by atoms with Crippen LogP contribution in [0.1, 0.15) is 29.6 Å². The molecule has 1 heterocycles. The van der Waals surface area contributed by atoms with E-state index in [-0.39, 0.29) is 11.5 Å². The Balaban J connectivity index is 2.33. The van der Waals surface area contributed by atoms with Gasteiger partial charge in [0.15, 0.2) is 0 Å². The molecule has 7 heteroatoms. The molecule has 1 fully saturated rings. The van der Waals surface area contributed by atoms with Crippen molar-refractivity contribution < 1.29 is 14.3 Å². The fourth-order valence-corrected chi connectivity index (χ4v) is 3.22. The number of anilines is 1. The van der Waals surface area contributed by atoms with E-state index in [2.05, 4.69) is 5.32 Å². The predicted molar refractivity (Wildman–Crippen MR) is 98.0 cm³/mol. The Morgan fingerprint density at radius 2 is 1.92 bits per heavy atom. The lowest BCUT2D eigenvalue weighted by Crippen LogP contribution is -2.37.